The van der Waals surface area contributed by atoms with E-state index in [2.05, 4.69) is 10.5 Å². The number of nitrogens with zero attached hydrogens (tertiary/aromatic N) is 1. The number of hydrogen-bond acceptors (Lipinski definition) is 4. The highest BCUT2D eigenvalue weighted by Gasteiger charge is 2.18. The minimum Gasteiger partial charge on any atom is -0.409 e. The van der Waals surface area contributed by atoms with Crippen LogP contribution in [0.5, 0.6) is 0 Å². The van der Waals surface area contributed by atoms with Crippen molar-refractivity contribution in [2.75, 3.05) is 13.1 Å². The molecule has 0 amide bonds. The van der Waals surface area contributed by atoms with Gasteiger partial charge in [0.25, 0.3) is 0 Å². The number of hydrogen-bond donors (Lipinski definition) is 4. The van der Waals surface area contributed by atoms with Crippen LogP contribution in [0.4, 0.5) is 0 Å². The van der Waals surface area contributed by atoms with Gasteiger partial charge in [-0.15, -0.1) is 0 Å². The highest BCUT2D eigenvalue weighted by Crippen LogP contribution is 2.23. The number of amidine groups is 1. The fourth-order valence-electron chi connectivity index (χ4n) is 2.10. The van der Waals surface area contributed by atoms with Gasteiger partial charge < -0.3 is 21.4 Å². The molecule has 0 heterocycles. The van der Waals surface area contributed by atoms with Crippen LogP contribution >= 0.6 is 0 Å². The van der Waals surface area contributed by atoms with Crippen molar-refractivity contribution in [2.45, 2.75) is 44.6 Å². The summed E-state index contributed by atoms with van der Waals surface area (Å²) in [5.74, 6) is 0.995. The summed E-state index contributed by atoms with van der Waals surface area (Å²) >= 11 is 0. The summed E-state index contributed by atoms with van der Waals surface area (Å²) < 4.78 is 0. The van der Waals surface area contributed by atoms with Crippen molar-refractivity contribution >= 4 is 5.84 Å². The van der Waals surface area contributed by atoms with Crippen LogP contribution in [-0.4, -0.2) is 35.3 Å². The van der Waals surface area contributed by atoms with Crippen molar-refractivity contribution in [1.82, 2.24) is 5.32 Å². The molecule has 1 aliphatic carbocycles. The summed E-state index contributed by atoms with van der Waals surface area (Å²) in [5, 5.41) is 24.0. The number of aliphatic hydroxyl groups excluding tert-OH is 1. The van der Waals surface area contributed by atoms with E-state index in [9.17, 15) is 5.11 Å². The maximum atomic E-state index is 9.35. The molecule has 0 unspecified atom stereocenters. The van der Waals surface area contributed by atoms with E-state index in [4.69, 9.17) is 10.9 Å². The van der Waals surface area contributed by atoms with Crippen LogP contribution in [0, 0.1) is 5.92 Å². The lowest BCUT2D eigenvalue weighted by molar-refractivity contribution is 0.108. The van der Waals surface area contributed by atoms with Crippen LogP contribution < -0.4 is 11.1 Å². The second-order valence-corrected chi connectivity index (χ2v) is 4.57. The Labute approximate surface area is 96.7 Å². The average Bonchev–Trinajstić information content (AvgIpc) is 2.31. The van der Waals surface area contributed by atoms with Crippen molar-refractivity contribution in [3.63, 3.8) is 0 Å². The molecule has 1 aliphatic rings. The zero-order chi connectivity index (χ0) is 11.8. The minimum absolute atomic E-state index is 0.0724. The molecule has 0 saturated heterocycles. The largest absolute Gasteiger partial charge is 0.409 e. The Hall–Kier alpha value is -0.810. The second-order valence-electron chi connectivity index (χ2n) is 4.57. The lowest BCUT2D eigenvalue weighted by atomic mass is 9.87. The van der Waals surface area contributed by atoms with Crippen LogP contribution in [0.3, 0.4) is 0 Å². The molecule has 1 rings (SSSR count). The molecule has 16 heavy (non-hydrogen) atoms. The Morgan fingerprint density at radius 1 is 1.31 bits per heavy atom. The lowest BCUT2D eigenvalue weighted by Gasteiger charge is -2.25. The molecule has 0 aliphatic heterocycles. The predicted molar refractivity (Wildman–Crippen MR) is 63.5 cm³/mol. The Bertz CT molecular complexity index is 213. The zero-order valence-corrected chi connectivity index (χ0v) is 9.73. The molecular weight excluding hydrogens is 206 g/mol. The third-order valence-corrected chi connectivity index (χ3v) is 3.16. The van der Waals surface area contributed by atoms with Gasteiger partial charge in [-0.05, 0) is 51.1 Å². The molecule has 5 heteroatoms. The van der Waals surface area contributed by atoms with Gasteiger partial charge >= 0.3 is 0 Å². The Morgan fingerprint density at radius 2 is 2.00 bits per heavy atom. The van der Waals surface area contributed by atoms with Crippen LogP contribution in [0.2, 0.25) is 0 Å². The molecule has 0 radical (unpaired) electrons. The highest BCUT2D eigenvalue weighted by atomic mass is 16.4. The fourth-order valence-corrected chi connectivity index (χ4v) is 2.10. The summed E-state index contributed by atoms with van der Waals surface area (Å²) in [7, 11) is 0. The summed E-state index contributed by atoms with van der Waals surface area (Å²) in [5.41, 5.74) is 5.36. The van der Waals surface area contributed by atoms with Crippen LogP contribution in [0.15, 0.2) is 5.16 Å². The van der Waals surface area contributed by atoms with Crippen molar-refractivity contribution in [2.24, 2.45) is 16.8 Å². The maximum absolute atomic E-state index is 9.35. The number of nitrogens with one attached hydrogen (secondary N) is 1. The molecule has 5 N–H and O–H groups in total. The molecule has 1 fully saturated rings. The van der Waals surface area contributed by atoms with Crippen molar-refractivity contribution < 1.29 is 10.3 Å². The molecule has 94 valence electrons. The monoisotopic (exact) mass is 229 g/mol. The van der Waals surface area contributed by atoms with Gasteiger partial charge in [-0.1, -0.05) is 5.16 Å². The molecule has 5 nitrogen and oxygen atoms in total. The molecule has 1 saturated carbocycles. The lowest BCUT2D eigenvalue weighted by Crippen LogP contribution is -2.29. The second kappa shape index (κ2) is 7.46. The van der Waals surface area contributed by atoms with E-state index >= 15 is 0 Å². The van der Waals surface area contributed by atoms with Crippen LogP contribution in [-0.2, 0) is 0 Å². The van der Waals surface area contributed by atoms with Gasteiger partial charge in [-0.25, -0.2) is 0 Å². The Kier molecular flexibility index (Phi) is 6.18. The molecule has 0 aromatic heterocycles. The van der Waals surface area contributed by atoms with E-state index in [0.29, 0.717) is 18.2 Å². The molecule has 0 bridgehead atoms. The topological polar surface area (TPSA) is 90.9 Å². The average molecular weight is 229 g/mol. The van der Waals surface area contributed by atoms with E-state index in [-0.39, 0.29) is 6.10 Å². The van der Waals surface area contributed by atoms with Gasteiger partial charge in [0, 0.05) is 6.42 Å². The summed E-state index contributed by atoms with van der Waals surface area (Å²) in [6.45, 7) is 1.91. The maximum Gasteiger partial charge on any atom is 0.139 e. The van der Waals surface area contributed by atoms with Gasteiger partial charge in [0.2, 0.25) is 0 Å². The van der Waals surface area contributed by atoms with E-state index in [0.717, 1.165) is 45.2 Å². The van der Waals surface area contributed by atoms with Gasteiger partial charge in [-0.3, -0.25) is 0 Å². The summed E-state index contributed by atoms with van der Waals surface area (Å²) in [4.78, 5) is 0. The van der Waals surface area contributed by atoms with Gasteiger partial charge in [0.15, 0.2) is 0 Å². The highest BCUT2D eigenvalue weighted by molar-refractivity contribution is 5.79. The molecule has 0 spiro atoms. The van der Waals surface area contributed by atoms with Gasteiger partial charge in [0.05, 0.1) is 6.10 Å². The zero-order valence-electron chi connectivity index (χ0n) is 9.73. The Balaban J connectivity index is 1.95. The third kappa shape index (κ3) is 5.32. The first-order valence-corrected chi connectivity index (χ1v) is 6.07. The first kappa shape index (κ1) is 13.3. The standard InChI is InChI=1S/C11H23N3O2/c12-11(14-16)2-1-7-13-8-9-3-5-10(15)6-4-9/h9-10,13,15-16H,1-8H2,(H2,12,14). The van der Waals surface area contributed by atoms with Gasteiger partial charge in [-0.2, -0.15) is 0 Å². The fraction of sp³-hybridized carbons (Fsp3) is 0.909. The number of nitrogens with two attached hydrogens (primary N) is 1. The third-order valence-electron chi connectivity index (χ3n) is 3.16. The van der Waals surface area contributed by atoms with Crippen LogP contribution in [0.25, 0.3) is 0 Å². The van der Waals surface area contributed by atoms with E-state index < -0.39 is 0 Å². The quantitative estimate of drug-likeness (QED) is 0.177. The first-order chi connectivity index (χ1) is 7.72. The minimum atomic E-state index is -0.0724. The first-order valence-electron chi connectivity index (χ1n) is 6.07. The van der Waals surface area contributed by atoms with Gasteiger partial charge in [0.1, 0.15) is 5.84 Å². The van der Waals surface area contributed by atoms with Crippen molar-refractivity contribution in [3.8, 4) is 0 Å². The van der Waals surface area contributed by atoms with E-state index in [1.54, 1.807) is 0 Å². The van der Waals surface area contributed by atoms with Crippen LogP contribution in [0.1, 0.15) is 38.5 Å². The van der Waals surface area contributed by atoms with Crippen molar-refractivity contribution in [1.29, 1.82) is 0 Å². The predicted octanol–water partition coefficient (Wildman–Crippen LogP) is 0.654. The number of oxime groups is 1. The summed E-state index contributed by atoms with van der Waals surface area (Å²) in [6, 6.07) is 0. The SMILES string of the molecule is NC(CCCNCC1CCC(O)CC1)=NO. The smallest absolute Gasteiger partial charge is 0.139 e. The Morgan fingerprint density at radius 3 is 2.62 bits per heavy atom. The molecular formula is C11H23N3O2. The van der Waals surface area contributed by atoms with Crippen molar-refractivity contribution in [3.05, 3.63) is 0 Å². The normalized spacial score (nSPS) is 26.9. The summed E-state index contributed by atoms with van der Waals surface area (Å²) in [6.07, 6.45) is 5.57. The number of rotatable bonds is 6. The van der Waals surface area contributed by atoms with E-state index in [1.807, 2.05) is 0 Å². The number of aliphatic hydroxyl groups is 1. The molecule has 0 aromatic rings. The molecule has 0 aromatic carbocycles. The molecule has 0 atom stereocenters. The van der Waals surface area contributed by atoms with E-state index in [1.165, 1.54) is 0 Å².